The van der Waals surface area contributed by atoms with E-state index >= 15 is 0 Å². The molecule has 3 rings (SSSR count). The summed E-state index contributed by atoms with van der Waals surface area (Å²) in [6.45, 7) is 5.98. The zero-order valence-corrected chi connectivity index (χ0v) is 18.1. The molecule has 1 aliphatic heterocycles. The van der Waals surface area contributed by atoms with Crippen molar-refractivity contribution in [3.8, 4) is 0 Å². The third-order valence-corrected chi connectivity index (χ3v) is 7.21. The number of esters is 1. The number of amides is 2. The molecule has 28 heavy (non-hydrogen) atoms. The minimum Gasteiger partial charge on any atom is -0.466 e. The van der Waals surface area contributed by atoms with E-state index in [9.17, 15) is 9.59 Å². The first-order valence-corrected chi connectivity index (χ1v) is 11.7. The molecule has 1 atom stereocenters. The van der Waals surface area contributed by atoms with Gasteiger partial charge in [0.15, 0.2) is 0 Å². The molecule has 1 saturated heterocycles. The minimum atomic E-state index is -0.0522. The lowest BCUT2D eigenvalue weighted by Gasteiger charge is -2.31. The van der Waals surface area contributed by atoms with Gasteiger partial charge in [-0.15, -0.1) is 11.3 Å². The average Bonchev–Trinajstić information content (AvgIpc) is 2.98. The highest BCUT2D eigenvalue weighted by atomic mass is 32.1. The number of nitrogens with zero attached hydrogens (tertiary/aromatic N) is 1. The Morgan fingerprint density at radius 3 is 2.61 bits per heavy atom. The van der Waals surface area contributed by atoms with Crippen LogP contribution < -0.4 is 5.32 Å². The van der Waals surface area contributed by atoms with Crippen LogP contribution in [0.3, 0.4) is 0 Å². The van der Waals surface area contributed by atoms with Gasteiger partial charge in [-0.3, -0.25) is 4.79 Å². The van der Waals surface area contributed by atoms with Crippen LogP contribution in [0.4, 0.5) is 4.79 Å². The normalized spacial score (nSPS) is 25.8. The van der Waals surface area contributed by atoms with Gasteiger partial charge in [-0.25, -0.2) is 4.79 Å². The molecule has 2 fully saturated rings. The summed E-state index contributed by atoms with van der Waals surface area (Å²) in [7, 11) is 0. The number of carbonyl (C=O) groups excluding carboxylic acids is 2. The Hall–Kier alpha value is -1.56. The van der Waals surface area contributed by atoms with Crippen LogP contribution in [0.2, 0.25) is 0 Å². The molecule has 1 aromatic rings. The van der Waals surface area contributed by atoms with Crippen LogP contribution in [0, 0.1) is 18.8 Å². The van der Waals surface area contributed by atoms with Crippen molar-refractivity contribution in [2.24, 2.45) is 11.8 Å². The molecule has 5 nitrogen and oxygen atoms in total. The molecular weight excluding hydrogens is 372 g/mol. The van der Waals surface area contributed by atoms with Gasteiger partial charge in [0.25, 0.3) is 0 Å². The molecule has 2 aliphatic rings. The molecule has 1 saturated carbocycles. The number of urea groups is 1. The van der Waals surface area contributed by atoms with Crippen molar-refractivity contribution in [3.63, 3.8) is 0 Å². The zero-order valence-electron chi connectivity index (χ0n) is 17.2. The van der Waals surface area contributed by atoms with Crippen LogP contribution in [-0.2, 0) is 9.53 Å². The third-order valence-electron chi connectivity index (χ3n) is 6.11. The lowest BCUT2D eigenvalue weighted by molar-refractivity contribution is -0.149. The number of nitrogens with one attached hydrogen (secondary N) is 1. The van der Waals surface area contributed by atoms with E-state index in [0.717, 1.165) is 45.1 Å². The molecule has 1 N–H and O–H groups in total. The number of hydrogen-bond acceptors (Lipinski definition) is 4. The minimum absolute atomic E-state index is 0.0453. The third kappa shape index (κ3) is 5.49. The summed E-state index contributed by atoms with van der Waals surface area (Å²) < 4.78 is 5.15. The summed E-state index contributed by atoms with van der Waals surface area (Å²) in [6.07, 6.45) is 8.23. The second-order valence-electron chi connectivity index (χ2n) is 8.16. The van der Waals surface area contributed by atoms with Crippen molar-refractivity contribution in [3.05, 3.63) is 21.9 Å². The topological polar surface area (TPSA) is 58.6 Å². The maximum absolute atomic E-state index is 13.0. The van der Waals surface area contributed by atoms with Gasteiger partial charge in [0, 0.05) is 22.8 Å². The number of rotatable bonds is 5. The smallest absolute Gasteiger partial charge is 0.317 e. The van der Waals surface area contributed by atoms with Crippen molar-refractivity contribution < 1.29 is 14.3 Å². The van der Waals surface area contributed by atoms with E-state index in [1.807, 2.05) is 18.3 Å². The molecule has 1 aromatic heterocycles. The average molecular weight is 407 g/mol. The first-order valence-electron chi connectivity index (χ1n) is 10.9. The van der Waals surface area contributed by atoms with Crippen LogP contribution in [0.5, 0.6) is 0 Å². The summed E-state index contributed by atoms with van der Waals surface area (Å²) in [5.74, 6) is 0.455. The number of likely N-dealkylation sites (tertiary alicyclic amines) is 1. The zero-order chi connectivity index (χ0) is 19.9. The van der Waals surface area contributed by atoms with Gasteiger partial charge in [-0.05, 0) is 70.4 Å². The largest absolute Gasteiger partial charge is 0.466 e. The fourth-order valence-electron chi connectivity index (χ4n) is 4.48. The molecule has 1 aliphatic carbocycles. The van der Waals surface area contributed by atoms with Crippen LogP contribution >= 0.6 is 11.3 Å². The van der Waals surface area contributed by atoms with E-state index in [0.29, 0.717) is 19.1 Å². The standard InChI is InChI=1S/C22H34N2O3S/c1-3-27-21(25)18-11-9-17(10-12-18)15-23-22(26)24-14-6-4-5-7-19(24)20-13-8-16(2)28-20/h8,13,17-19H,3-7,9-12,14-15H2,1-2H3,(H,23,26)/t17?,18?,19-/m0/s1. The molecule has 0 bridgehead atoms. The van der Waals surface area contributed by atoms with Crippen molar-refractivity contribution in [1.29, 1.82) is 0 Å². The summed E-state index contributed by atoms with van der Waals surface area (Å²) in [5.41, 5.74) is 0. The SMILES string of the molecule is CCOC(=O)C1CCC(CNC(=O)N2CCCCC[C@H]2c2ccc(C)s2)CC1. The predicted molar refractivity (Wildman–Crippen MR) is 112 cm³/mol. The summed E-state index contributed by atoms with van der Waals surface area (Å²) in [4.78, 5) is 29.5. The quantitative estimate of drug-likeness (QED) is 0.696. The first kappa shape index (κ1) is 21.2. The number of ether oxygens (including phenoxy) is 1. The highest BCUT2D eigenvalue weighted by Crippen LogP contribution is 2.34. The molecule has 6 heteroatoms. The number of thiophene rings is 1. The Bertz CT molecular complexity index is 652. The van der Waals surface area contributed by atoms with Gasteiger partial charge in [0.05, 0.1) is 18.6 Å². The van der Waals surface area contributed by atoms with Crippen LogP contribution in [-0.4, -0.2) is 36.6 Å². The van der Waals surface area contributed by atoms with Gasteiger partial charge >= 0.3 is 12.0 Å². The highest BCUT2D eigenvalue weighted by molar-refractivity contribution is 7.12. The van der Waals surface area contributed by atoms with E-state index in [-0.39, 0.29) is 24.0 Å². The van der Waals surface area contributed by atoms with Gasteiger partial charge < -0.3 is 15.0 Å². The Morgan fingerprint density at radius 1 is 1.14 bits per heavy atom. The summed E-state index contributed by atoms with van der Waals surface area (Å²) in [6, 6.07) is 4.63. The molecule has 0 aromatic carbocycles. The Morgan fingerprint density at radius 2 is 1.93 bits per heavy atom. The molecule has 0 spiro atoms. The maximum atomic E-state index is 13.0. The molecule has 156 valence electrons. The number of aryl methyl sites for hydroxylation is 1. The van der Waals surface area contributed by atoms with Crippen molar-refractivity contribution in [2.75, 3.05) is 19.7 Å². The Labute approximate surface area is 172 Å². The fourth-order valence-corrected chi connectivity index (χ4v) is 5.50. The molecule has 2 amide bonds. The first-order chi connectivity index (χ1) is 13.6. The summed E-state index contributed by atoms with van der Waals surface area (Å²) in [5, 5.41) is 3.20. The van der Waals surface area contributed by atoms with E-state index in [1.54, 1.807) is 0 Å². The van der Waals surface area contributed by atoms with Gasteiger partial charge in [-0.2, -0.15) is 0 Å². The van der Waals surface area contributed by atoms with Gasteiger partial charge in [0.1, 0.15) is 0 Å². The maximum Gasteiger partial charge on any atom is 0.317 e. The predicted octanol–water partition coefficient (Wildman–Crippen LogP) is 5.05. The van der Waals surface area contributed by atoms with E-state index in [4.69, 9.17) is 4.74 Å². The Kier molecular flexibility index (Phi) is 7.77. The molecule has 0 unspecified atom stereocenters. The van der Waals surface area contributed by atoms with Crippen LogP contribution in [0.1, 0.15) is 74.1 Å². The number of hydrogen-bond donors (Lipinski definition) is 1. The molecule has 0 radical (unpaired) electrons. The lowest BCUT2D eigenvalue weighted by Crippen LogP contribution is -2.44. The molecule has 2 heterocycles. The highest BCUT2D eigenvalue weighted by Gasteiger charge is 2.30. The van der Waals surface area contributed by atoms with Crippen LogP contribution in [0.25, 0.3) is 0 Å². The summed E-state index contributed by atoms with van der Waals surface area (Å²) >= 11 is 1.81. The van der Waals surface area contributed by atoms with Crippen LogP contribution in [0.15, 0.2) is 12.1 Å². The number of carbonyl (C=O) groups is 2. The van der Waals surface area contributed by atoms with Crippen molar-refractivity contribution in [1.82, 2.24) is 10.2 Å². The lowest BCUT2D eigenvalue weighted by atomic mass is 9.82. The van der Waals surface area contributed by atoms with E-state index in [1.165, 1.54) is 22.6 Å². The monoisotopic (exact) mass is 406 g/mol. The van der Waals surface area contributed by atoms with Crippen molar-refractivity contribution in [2.45, 2.75) is 71.3 Å². The fraction of sp³-hybridized carbons (Fsp3) is 0.727. The van der Waals surface area contributed by atoms with Gasteiger partial charge in [0.2, 0.25) is 0 Å². The molecular formula is C22H34N2O3S. The second-order valence-corrected chi connectivity index (χ2v) is 9.48. The van der Waals surface area contributed by atoms with E-state index < -0.39 is 0 Å². The van der Waals surface area contributed by atoms with E-state index in [2.05, 4.69) is 29.3 Å². The Balaban J connectivity index is 1.51. The van der Waals surface area contributed by atoms with Gasteiger partial charge in [-0.1, -0.05) is 12.8 Å². The van der Waals surface area contributed by atoms with Crippen molar-refractivity contribution >= 4 is 23.3 Å². The second kappa shape index (κ2) is 10.3.